The van der Waals surface area contributed by atoms with Crippen molar-refractivity contribution in [2.75, 3.05) is 10.6 Å². The maximum atomic E-state index is 12.9. The number of ether oxygens (including phenoxy) is 1. The number of anilines is 2. The highest BCUT2D eigenvalue weighted by molar-refractivity contribution is 6.00. The number of nitrogens with zero attached hydrogens (tertiary/aromatic N) is 1. The Morgan fingerprint density at radius 3 is 2.40 bits per heavy atom. The number of hydrogen-bond donors (Lipinski definition) is 4. The van der Waals surface area contributed by atoms with E-state index in [0.717, 1.165) is 6.07 Å². The smallest absolute Gasteiger partial charge is 0.465 e. The maximum Gasteiger partial charge on any atom is 0.471 e. The van der Waals surface area contributed by atoms with E-state index >= 15 is 0 Å². The molecule has 2 aromatic rings. The summed E-state index contributed by atoms with van der Waals surface area (Å²) in [5, 5.41) is 15.4. The van der Waals surface area contributed by atoms with Crippen LogP contribution in [0.15, 0.2) is 49.2 Å². The number of carbonyl (C=O) groups excluding carboxylic acids is 2. The number of alkyl halides is 3. The van der Waals surface area contributed by atoms with Gasteiger partial charge in [0, 0.05) is 17.4 Å². The third-order valence-corrected chi connectivity index (χ3v) is 4.32. The lowest BCUT2D eigenvalue weighted by molar-refractivity contribution is -0.167. The largest absolute Gasteiger partial charge is 0.471 e. The summed E-state index contributed by atoms with van der Waals surface area (Å²) < 4.78 is 43.9. The molecule has 188 valence electrons. The number of rotatable bonds is 7. The molecular formula is C23H25F3N4O5. The summed E-state index contributed by atoms with van der Waals surface area (Å²) in [6, 6.07) is 6.09. The molecule has 0 aliphatic heterocycles. The molecule has 0 aliphatic rings. The fourth-order valence-electron chi connectivity index (χ4n) is 2.97. The highest BCUT2D eigenvalue weighted by atomic mass is 19.4. The van der Waals surface area contributed by atoms with E-state index in [9.17, 15) is 27.6 Å². The first-order valence-electron chi connectivity index (χ1n) is 10.3. The SMILES string of the molecule is C=CC[C@H](NC(=O)OC(C)(C)C)c1cc(-c2ccc(NC(=O)O)cc2NC(=O)C(F)(F)F)ccn1. The summed E-state index contributed by atoms with van der Waals surface area (Å²) in [4.78, 5) is 39.0. The van der Waals surface area contributed by atoms with E-state index in [2.05, 4.69) is 16.9 Å². The molecule has 0 bridgehead atoms. The van der Waals surface area contributed by atoms with Crippen LogP contribution in [0.4, 0.5) is 34.1 Å². The summed E-state index contributed by atoms with van der Waals surface area (Å²) in [7, 11) is 0. The summed E-state index contributed by atoms with van der Waals surface area (Å²) >= 11 is 0. The molecule has 0 aliphatic carbocycles. The third kappa shape index (κ3) is 8.32. The van der Waals surface area contributed by atoms with Gasteiger partial charge in [-0.15, -0.1) is 6.58 Å². The van der Waals surface area contributed by atoms with E-state index < -0.39 is 35.9 Å². The molecule has 9 nitrogen and oxygen atoms in total. The first kappa shape index (κ1) is 27.2. The Labute approximate surface area is 199 Å². The summed E-state index contributed by atoms with van der Waals surface area (Å²) in [6.07, 6.45) is -4.08. The number of aromatic nitrogens is 1. The first-order chi connectivity index (χ1) is 16.2. The average molecular weight is 494 g/mol. The van der Waals surface area contributed by atoms with Crippen LogP contribution in [0.5, 0.6) is 0 Å². The number of pyridine rings is 1. The molecule has 12 heteroatoms. The molecule has 1 heterocycles. The number of carboxylic acid groups (broad SMARTS) is 1. The zero-order valence-corrected chi connectivity index (χ0v) is 19.2. The lowest BCUT2D eigenvalue weighted by atomic mass is 10.0. The Hall–Kier alpha value is -4.09. The van der Waals surface area contributed by atoms with Crippen molar-refractivity contribution in [3.8, 4) is 11.1 Å². The second kappa shape index (κ2) is 10.9. The first-order valence-corrected chi connectivity index (χ1v) is 10.3. The zero-order valence-electron chi connectivity index (χ0n) is 19.2. The van der Waals surface area contributed by atoms with Crippen molar-refractivity contribution in [2.45, 2.75) is 45.0 Å². The van der Waals surface area contributed by atoms with E-state index in [-0.39, 0.29) is 23.4 Å². The minimum absolute atomic E-state index is 0.0517. The molecule has 2 rings (SSSR count). The van der Waals surface area contributed by atoms with Gasteiger partial charge in [0.25, 0.3) is 0 Å². The minimum atomic E-state index is -5.16. The third-order valence-electron chi connectivity index (χ3n) is 4.32. The summed E-state index contributed by atoms with van der Waals surface area (Å²) in [5.41, 5.74) is -0.199. The normalized spacial score (nSPS) is 12.3. The van der Waals surface area contributed by atoms with Gasteiger partial charge in [-0.2, -0.15) is 13.2 Å². The molecule has 0 spiro atoms. The van der Waals surface area contributed by atoms with E-state index in [0.29, 0.717) is 11.3 Å². The van der Waals surface area contributed by atoms with E-state index in [1.54, 1.807) is 32.2 Å². The van der Waals surface area contributed by atoms with Crippen LogP contribution >= 0.6 is 0 Å². The van der Waals surface area contributed by atoms with Crippen LogP contribution < -0.4 is 16.0 Å². The number of halogens is 3. The average Bonchev–Trinajstić information content (AvgIpc) is 2.71. The van der Waals surface area contributed by atoms with Gasteiger partial charge in [0.05, 0.1) is 17.4 Å². The lowest BCUT2D eigenvalue weighted by Crippen LogP contribution is -2.35. The number of amides is 3. The molecule has 0 saturated carbocycles. The fourth-order valence-corrected chi connectivity index (χ4v) is 2.97. The Bertz CT molecular complexity index is 1110. The van der Waals surface area contributed by atoms with Gasteiger partial charge in [0.15, 0.2) is 0 Å². The Morgan fingerprint density at radius 2 is 1.83 bits per heavy atom. The molecule has 35 heavy (non-hydrogen) atoms. The van der Waals surface area contributed by atoms with E-state index in [4.69, 9.17) is 9.84 Å². The quantitative estimate of drug-likeness (QED) is 0.377. The second-order valence-electron chi connectivity index (χ2n) is 8.33. The van der Waals surface area contributed by atoms with Crippen molar-refractivity contribution < 1.29 is 37.4 Å². The molecule has 4 N–H and O–H groups in total. The van der Waals surface area contributed by atoms with Gasteiger partial charge in [-0.05, 0) is 57.0 Å². The lowest BCUT2D eigenvalue weighted by Gasteiger charge is -2.23. The van der Waals surface area contributed by atoms with Gasteiger partial charge in [0.2, 0.25) is 0 Å². The van der Waals surface area contributed by atoms with Gasteiger partial charge in [-0.3, -0.25) is 15.1 Å². The number of carbonyl (C=O) groups is 3. The van der Waals surface area contributed by atoms with Crippen LogP contribution in [0, 0.1) is 0 Å². The van der Waals surface area contributed by atoms with Crippen LogP contribution in [0.25, 0.3) is 11.1 Å². The summed E-state index contributed by atoms with van der Waals surface area (Å²) in [6.45, 7) is 8.77. The van der Waals surface area contributed by atoms with E-state index in [1.165, 1.54) is 30.5 Å². The molecule has 0 radical (unpaired) electrons. The Morgan fingerprint density at radius 1 is 1.14 bits per heavy atom. The minimum Gasteiger partial charge on any atom is -0.465 e. The van der Waals surface area contributed by atoms with Gasteiger partial charge in [-0.25, -0.2) is 9.59 Å². The van der Waals surface area contributed by atoms with Gasteiger partial charge in [0.1, 0.15) is 5.60 Å². The van der Waals surface area contributed by atoms with Crippen LogP contribution in [0.2, 0.25) is 0 Å². The zero-order chi connectivity index (χ0) is 26.4. The van der Waals surface area contributed by atoms with Crippen molar-refractivity contribution in [1.82, 2.24) is 10.3 Å². The molecule has 0 saturated heterocycles. The molecule has 1 aromatic heterocycles. The Kier molecular flexibility index (Phi) is 8.45. The highest BCUT2D eigenvalue weighted by Crippen LogP contribution is 2.33. The Balaban J connectivity index is 2.47. The standard InChI is InChI=1S/C23H25F3N4O5/c1-5-6-16(30-21(34)35-22(2,3)4)18-11-13(9-10-27-18)15-8-7-14(28-20(32)33)12-17(15)29-19(31)23(24,25)26/h5,7-12,16,28H,1,6H2,2-4H3,(H,29,31)(H,30,34)(H,32,33)/t16-/m0/s1. The van der Waals surface area contributed by atoms with Gasteiger partial charge < -0.3 is 20.5 Å². The summed E-state index contributed by atoms with van der Waals surface area (Å²) in [5.74, 6) is -2.23. The van der Waals surface area contributed by atoms with Crippen LogP contribution in [-0.2, 0) is 9.53 Å². The van der Waals surface area contributed by atoms with Crippen LogP contribution in [-0.4, -0.2) is 40.0 Å². The molecular weight excluding hydrogens is 469 g/mol. The van der Waals surface area contributed by atoms with Crippen LogP contribution in [0.1, 0.15) is 38.9 Å². The highest BCUT2D eigenvalue weighted by Gasteiger charge is 2.39. The van der Waals surface area contributed by atoms with Crippen molar-refractivity contribution in [3.05, 3.63) is 54.9 Å². The number of alkyl carbamates (subject to hydrolysis) is 1. The van der Waals surface area contributed by atoms with Gasteiger partial charge >= 0.3 is 24.3 Å². The fraction of sp³-hybridized carbons (Fsp3) is 0.304. The molecule has 0 unspecified atom stereocenters. The number of benzene rings is 1. The predicted octanol–water partition coefficient (Wildman–Crippen LogP) is 5.48. The van der Waals surface area contributed by atoms with Crippen molar-refractivity contribution >= 4 is 29.5 Å². The monoisotopic (exact) mass is 494 g/mol. The van der Waals surface area contributed by atoms with Crippen molar-refractivity contribution in [1.29, 1.82) is 0 Å². The van der Waals surface area contributed by atoms with Crippen LogP contribution in [0.3, 0.4) is 0 Å². The molecule has 3 amide bonds. The van der Waals surface area contributed by atoms with Crippen molar-refractivity contribution in [2.24, 2.45) is 0 Å². The molecule has 1 atom stereocenters. The van der Waals surface area contributed by atoms with E-state index in [1.807, 2.05) is 5.32 Å². The number of hydrogen-bond acceptors (Lipinski definition) is 5. The molecule has 0 fully saturated rings. The van der Waals surface area contributed by atoms with Gasteiger partial charge in [-0.1, -0.05) is 12.1 Å². The molecule has 1 aromatic carbocycles. The van der Waals surface area contributed by atoms with Crippen molar-refractivity contribution in [3.63, 3.8) is 0 Å². The second-order valence-corrected chi connectivity index (χ2v) is 8.33. The maximum absolute atomic E-state index is 12.9. The number of nitrogens with one attached hydrogen (secondary N) is 3. The predicted molar refractivity (Wildman–Crippen MR) is 123 cm³/mol. The topological polar surface area (TPSA) is 130 Å².